The first kappa shape index (κ1) is 19.2. The molecule has 1 saturated heterocycles. The van der Waals surface area contributed by atoms with Crippen molar-refractivity contribution < 1.29 is 4.39 Å². The molecule has 0 bridgehead atoms. The molecule has 0 saturated carbocycles. The normalized spacial score (nSPS) is 16.3. The van der Waals surface area contributed by atoms with Crippen LogP contribution in [0.5, 0.6) is 0 Å². The topological polar surface area (TPSA) is 27.6 Å². The minimum atomic E-state index is -0.173. The Balaban J connectivity index is 0.00000242. The monoisotopic (exact) mass is 419 g/mol. The summed E-state index contributed by atoms with van der Waals surface area (Å²) in [6.07, 6.45) is 3.24. The SMILES string of the molecule is CCNC(=NCCc1cccc(F)c1)N1CCC(C)CC1.I. The van der Waals surface area contributed by atoms with Crippen LogP contribution in [0.3, 0.4) is 0 Å². The molecule has 0 amide bonds. The largest absolute Gasteiger partial charge is 0.357 e. The fourth-order valence-electron chi connectivity index (χ4n) is 2.63. The number of nitrogens with one attached hydrogen (secondary N) is 1. The summed E-state index contributed by atoms with van der Waals surface area (Å²) in [5.74, 6) is 1.64. The molecular formula is C17H27FIN3. The van der Waals surface area contributed by atoms with Gasteiger partial charge >= 0.3 is 0 Å². The number of benzene rings is 1. The van der Waals surface area contributed by atoms with Crippen LogP contribution in [0.1, 0.15) is 32.3 Å². The lowest BCUT2D eigenvalue weighted by Gasteiger charge is -2.33. The second kappa shape index (κ2) is 10.0. The molecule has 1 heterocycles. The summed E-state index contributed by atoms with van der Waals surface area (Å²) in [5, 5.41) is 3.37. The van der Waals surface area contributed by atoms with E-state index in [2.05, 4.69) is 24.1 Å². The van der Waals surface area contributed by atoms with E-state index in [0.29, 0.717) is 6.54 Å². The summed E-state index contributed by atoms with van der Waals surface area (Å²) in [6, 6.07) is 6.77. The van der Waals surface area contributed by atoms with Gasteiger partial charge in [-0.25, -0.2) is 4.39 Å². The molecule has 0 aromatic heterocycles. The summed E-state index contributed by atoms with van der Waals surface area (Å²) >= 11 is 0. The van der Waals surface area contributed by atoms with Gasteiger partial charge in [-0.05, 0) is 49.8 Å². The molecule has 1 N–H and O–H groups in total. The van der Waals surface area contributed by atoms with E-state index in [1.165, 1.54) is 18.9 Å². The Bertz CT molecular complexity index is 471. The third-order valence-electron chi connectivity index (χ3n) is 3.97. The quantitative estimate of drug-likeness (QED) is 0.458. The van der Waals surface area contributed by atoms with Gasteiger partial charge in [-0.1, -0.05) is 19.1 Å². The van der Waals surface area contributed by atoms with E-state index >= 15 is 0 Å². The first-order chi connectivity index (χ1) is 10.2. The average Bonchev–Trinajstić information content (AvgIpc) is 2.47. The van der Waals surface area contributed by atoms with Crippen molar-refractivity contribution >= 4 is 29.9 Å². The lowest BCUT2D eigenvalue weighted by Crippen LogP contribution is -2.45. The van der Waals surface area contributed by atoms with Crippen LogP contribution < -0.4 is 5.32 Å². The second-order valence-corrected chi connectivity index (χ2v) is 5.79. The van der Waals surface area contributed by atoms with Crippen molar-refractivity contribution in [3.63, 3.8) is 0 Å². The molecule has 22 heavy (non-hydrogen) atoms. The zero-order valence-electron chi connectivity index (χ0n) is 13.5. The molecule has 3 nitrogen and oxygen atoms in total. The standard InChI is InChI=1S/C17H26FN3.HI/c1-3-19-17(21-11-8-14(2)9-12-21)20-10-7-15-5-4-6-16(18)13-15;/h4-6,13-14H,3,7-12H2,1-2H3,(H,19,20);1H. The maximum atomic E-state index is 13.1. The number of likely N-dealkylation sites (tertiary alicyclic amines) is 1. The van der Waals surface area contributed by atoms with Gasteiger partial charge in [0.25, 0.3) is 0 Å². The summed E-state index contributed by atoms with van der Waals surface area (Å²) in [4.78, 5) is 7.04. The average molecular weight is 419 g/mol. The van der Waals surface area contributed by atoms with Crippen molar-refractivity contribution in [2.75, 3.05) is 26.2 Å². The number of piperidine rings is 1. The van der Waals surface area contributed by atoms with Crippen molar-refractivity contribution in [1.82, 2.24) is 10.2 Å². The van der Waals surface area contributed by atoms with Crippen molar-refractivity contribution in [3.8, 4) is 0 Å². The van der Waals surface area contributed by atoms with Crippen LogP contribution in [0.4, 0.5) is 4.39 Å². The lowest BCUT2D eigenvalue weighted by molar-refractivity contribution is 0.273. The van der Waals surface area contributed by atoms with Crippen LogP contribution in [0.15, 0.2) is 29.3 Å². The van der Waals surface area contributed by atoms with Crippen molar-refractivity contribution in [2.24, 2.45) is 10.9 Å². The molecule has 5 heteroatoms. The highest BCUT2D eigenvalue weighted by atomic mass is 127. The molecule has 1 aliphatic heterocycles. The zero-order chi connectivity index (χ0) is 15.1. The van der Waals surface area contributed by atoms with Gasteiger partial charge in [0.2, 0.25) is 0 Å². The number of guanidine groups is 1. The third-order valence-corrected chi connectivity index (χ3v) is 3.97. The second-order valence-electron chi connectivity index (χ2n) is 5.79. The van der Waals surface area contributed by atoms with Gasteiger partial charge < -0.3 is 10.2 Å². The van der Waals surface area contributed by atoms with E-state index in [0.717, 1.165) is 43.5 Å². The molecule has 0 aliphatic carbocycles. The van der Waals surface area contributed by atoms with Gasteiger partial charge in [0, 0.05) is 26.2 Å². The van der Waals surface area contributed by atoms with Gasteiger partial charge in [0.1, 0.15) is 5.82 Å². The summed E-state index contributed by atoms with van der Waals surface area (Å²) in [5.41, 5.74) is 1.00. The Morgan fingerprint density at radius 3 is 2.73 bits per heavy atom. The van der Waals surface area contributed by atoms with Gasteiger partial charge in [0.05, 0.1) is 0 Å². The number of aliphatic imine (C=N–C) groups is 1. The molecule has 0 radical (unpaired) electrons. The molecule has 1 fully saturated rings. The van der Waals surface area contributed by atoms with Crippen molar-refractivity contribution in [2.45, 2.75) is 33.1 Å². The number of hydrogen-bond donors (Lipinski definition) is 1. The summed E-state index contributed by atoms with van der Waals surface area (Å²) < 4.78 is 13.1. The maximum absolute atomic E-state index is 13.1. The molecule has 1 aromatic carbocycles. The molecule has 1 aromatic rings. The molecule has 0 unspecified atom stereocenters. The highest BCUT2D eigenvalue weighted by Gasteiger charge is 2.18. The van der Waals surface area contributed by atoms with E-state index in [-0.39, 0.29) is 29.8 Å². The molecule has 124 valence electrons. The van der Waals surface area contributed by atoms with E-state index < -0.39 is 0 Å². The zero-order valence-corrected chi connectivity index (χ0v) is 15.8. The van der Waals surface area contributed by atoms with Gasteiger partial charge in [-0.2, -0.15) is 0 Å². The fraction of sp³-hybridized carbons (Fsp3) is 0.588. The van der Waals surface area contributed by atoms with E-state index in [4.69, 9.17) is 4.99 Å². The molecule has 2 rings (SSSR count). The lowest BCUT2D eigenvalue weighted by atomic mass is 10.00. The van der Waals surface area contributed by atoms with Crippen LogP contribution in [0.2, 0.25) is 0 Å². The number of hydrogen-bond acceptors (Lipinski definition) is 1. The molecule has 0 spiro atoms. The maximum Gasteiger partial charge on any atom is 0.193 e. The van der Waals surface area contributed by atoms with Gasteiger partial charge in [0.15, 0.2) is 5.96 Å². The highest BCUT2D eigenvalue weighted by molar-refractivity contribution is 14.0. The van der Waals surface area contributed by atoms with Crippen LogP contribution in [0, 0.1) is 11.7 Å². The first-order valence-corrected chi connectivity index (χ1v) is 7.96. The van der Waals surface area contributed by atoms with Crippen molar-refractivity contribution in [1.29, 1.82) is 0 Å². The molecule has 0 atom stereocenters. The Kier molecular flexibility index (Phi) is 8.75. The predicted molar refractivity (Wildman–Crippen MR) is 101 cm³/mol. The number of nitrogens with zero attached hydrogens (tertiary/aromatic N) is 2. The van der Waals surface area contributed by atoms with Crippen LogP contribution in [-0.2, 0) is 6.42 Å². The van der Waals surface area contributed by atoms with E-state index in [1.807, 2.05) is 6.07 Å². The number of halogens is 2. The minimum absolute atomic E-state index is 0. The van der Waals surface area contributed by atoms with Crippen LogP contribution in [0.25, 0.3) is 0 Å². The Labute approximate surface area is 150 Å². The summed E-state index contributed by atoms with van der Waals surface area (Å²) in [6.45, 7) is 8.13. The van der Waals surface area contributed by atoms with E-state index in [9.17, 15) is 4.39 Å². The third kappa shape index (κ3) is 6.10. The van der Waals surface area contributed by atoms with E-state index in [1.54, 1.807) is 12.1 Å². The molecule has 1 aliphatic rings. The first-order valence-electron chi connectivity index (χ1n) is 7.96. The smallest absolute Gasteiger partial charge is 0.193 e. The van der Waals surface area contributed by atoms with Crippen LogP contribution >= 0.6 is 24.0 Å². The predicted octanol–water partition coefficient (Wildman–Crippen LogP) is 3.68. The summed E-state index contributed by atoms with van der Waals surface area (Å²) in [7, 11) is 0. The fourth-order valence-corrected chi connectivity index (χ4v) is 2.63. The van der Waals surface area contributed by atoms with Crippen LogP contribution in [-0.4, -0.2) is 37.0 Å². The Morgan fingerprint density at radius 1 is 1.36 bits per heavy atom. The van der Waals surface area contributed by atoms with Gasteiger partial charge in [-0.15, -0.1) is 24.0 Å². The van der Waals surface area contributed by atoms with Gasteiger partial charge in [-0.3, -0.25) is 4.99 Å². The number of rotatable bonds is 4. The minimum Gasteiger partial charge on any atom is -0.357 e. The van der Waals surface area contributed by atoms with Crippen molar-refractivity contribution in [3.05, 3.63) is 35.6 Å². The highest BCUT2D eigenvalue weighted by Crippen LogP contribution is 2.16. The molecular weight excluding hydrogens is 392 g/mol. The Hall–Kier alpha value is -0.850. The Morgan fingerprint density at radius 2 is 2.09 bits per heavy atom.